The summed E-state index contributed by atoms with van der Waals surface area (Å²) in [5.74, 6) is -0.988. The predicted octanol–water partition coefficient (Wildman–Crippen LogP) is 2.65. The molecule has 1 rings (SSSR count). The van der Waals surface area contributed by atoms with Gasteiger partial charge < -0.3 is 10.8 Å². The second kappa shape index (κ2) is 6.18. The third-order valence-corrected chi connectivity index (χ3v) is 2.12. The largest absolute Gasteiger partial charge is 0.416 e. The second-order valence-corrected chi connectivity index (χ2v) is 3.39. The maximum atomic E-state index is 12.9. The lowest BCUT2D eigenvalue weighted by molar-refractivity contribution is -0.137. The van der Waals surface area contributed by atoms with Gasteiger partial charge in [-0.3, -0.25) is 0 Å². The van der Waals surface area contributed by atoms with E-state index < -0.39 is 23.6 Å². The molecule has 0 saturated carbocycles. The van der Waals surface area contributed by atoms with E-state index in [4.69, 9.17) is 10.8 Å². The first-order chi connectivity index (χ1) is 7.34. The molecule has 0 amide bonds. The number of benzene rings is 1. The van der Waals surface area contributed by atoms with Crippen LogP contribution in [0.3, 0.4) is 0 Å². The molecule has 2 nitrogen and oxygen atoms in total. The maximum Gasteiger partial charge on any atom is 0.416 e. The fourth-order valence-corrected chi connectivity index (χ4v) is 1.30. The summed E-state index contributed by atoms with van der Waals surface area (Å²) in [6, 6.07) is 1.34. The Morgan fingerprint density at radius 3 is 2.29 bits per heavy atom. The number of aliphatic hydroxyl groups is 1. The predicted molar refractivity (Wildman–Crippen MR) is 57.3 cm³/mol. The summed E-state index contributed by atoms with van der Waals surface area (Å²) >= 11 is 0. The molecule has 0 spiro atoms. The van der Waals surface area contributed by atoms with Gasteiger partial charge in [0.1, 0.15) is 5.82 Å². The number of aliphatic hydroxyl groups excluding tert-OH is 1. The van der Waals surface area contributed by atoms with Gasteiger partial charge in [0.15, 0.2) is 0 Å². The van der Waals surface area contributed by atoms with Crippen LogP contribution in [0.15, 0.2) is 18.2 Å². The summed E-state index contributed by atoms with van der Waals surface area (Å²) in [7, 11) is 0. The number of nitrogens with two attached hydrogens (primary N) is 1. The molecule has 0 saturated heterocycles. The van der Waals surface area contributed by atoms with Crippen molar-refractivity contribution >= 4 is 12.4 Å². The van der Waals surface area contributed by atoms with Gasteiger partial charge in [0.2, 0.25) is 0 Å². The van der Waals surface area contributed by atoms with Crippen LogP contribution in [0.4, 0.5) is 17.6 Å². The van der Waals surface area contributed by atoms with Gasteiger partial charge >= 0.3 is 6.18 Å². The van der Waals surface area contributed by atoms with E-state index in [9.17, 15) is 17.6 Å². The monoisotopic (exact) mass is 273 g/mol. The standard InChI is InChI=1S/C10H11F4NO.ClH/c11-8-4-6(9(15)1-2-16)3-7(5-8)10(12,13)14;/h3-5,9,16H,1-2,15H2;1H/t9-;/m0./s1. The molecule has 98 valence electrons. The van der Waals surface area contributed by atoms with E-state index in [2.05, 4.69) is 0 Å². The van der Waals surface area contributed by atoms with E-state index >= 15 is 0 Å². The minimum atomic E-state index is -4.60. The molecule has 0 unspecified atom stereocenters. The first kappa shape index (κ1) is 16.1. The van der Waals surface area contributed by atoms with E-state index in [1.807, 2.05) is 0 Å². The third-order valence-electron chi connectivity index (χ3n) is 2.12. The van der Waals surface area contributed by atoms with Gasteiger partial charge in [-0.1, -0.05) is 0 Å². The van der Waals surface area contributed by atoms with Crippen LogP contribution in [0.25, 0.3) is 0 Å². The molecule has 0 aliphatic carbocycles. The minimum Gasteiger partial charge on any atom is -0.396 e. The van der Waals surface area contributed by atoms with E-state index in [-0.39, 0.29) is 31.0 Å². The number of rotatable bonds is 3. The van der Waals surface area contributed by atoms with Gasteiger partial charge in [-0.05, 0) is 30.2 Å². The van der Waals surface area contributed by atoms with Crippen LogP contribution in [0.1, 0.15) is 23.6 Å². The summed E-state index contributed by atoms with van der Waals surface area (Å²) in [4.78, 5) is 0. The molecule has 0 radical (unpaired) electrons. The zero-order chi connectivity index (χ0) is 12.3. The van der Waals surface area contributed by atoms with Crippen molar-refractivity contribution < 1.29 is 22.7 Å². The van der Waals surface area contributed by atoms with Crippen molar-refractivity contribution in [3.05, 3.63) is 35.1 Å². The Bertz CT molecular complexity index is 370. The van der Waals surface area contributed by atoms with Crippen LogP contribution in [0.5, 0.6) is 0 Å². The lowest BCUT2D eigenvalue weighted by Gasteiger charge is -2.13. The van der Waals surface area contributed by atoms with Crippen LogP contribution in [0.2, 0.25) is 0 Å². The van der Waals surface area contributed by atoms with Gasteiger partial charge in [0, 0.05) is 12.6 Å². The average Bonchev–Trinajstić information content (AvgIpc) is 2.16. The number of alkyl halides is 3. The molecular weight excluding hydrogens is 262 g/mol. The maximum absolute atomic E-state index is 12.9. The highest BCUT2D eigenvalue weighted by Gasteiger charge is 2.31. The van der Waals surface area contributed by atoms with Gasteiger partial charge in [-0.25, -0.2) is 4.39 Å². The smallest absolute Gasteiger partial charge is 0.396 e. The molecule has 0 aliphatic rings. The van der Waals surface area contributed by atoms with Crippen molar-refractivity contribution in [1.29, 1.82) is 0 Å². The molecule has 7 heteroatoms. The Kier molecular flexibility index (Phi) is 5.87. The lowest BCUT2D eigenvalue weighted by Crippen LogP contribution is -2.14. The quantitative estimate of drug-likeness (QED) is 0.832. The third kappa shape index (κ3) is 4.49. The van der Waals surface area contributed by atoms with Crippen molar-refractivity contribution in [1.82, 2.24) is 0 Å². The van der Waals surface area contributed by atoms with Crippen molar-refractivity contribution in [2.24, 2.45) is 5.73 Å². The molecule has 0 heterocycles. The van der Waals surface area contributed by atoms with Gasteiger partial charge in [-0.2, -0.15) is 13.2 Å². The molecule has 1 aromatic carbocycles. The molecule has 0 bridgehead atoms. The fraction of sp³-hybridized carbons (Fsp3) is 0.400. The van der Waals surface area contributed by atoms with E-state index in [0.717, 1.165) is 12.1 Å². The molecule has 1 atom stereocenters. The normalized spacial score (nSPS) is 13.1. The highest BCUT2D eigenvalue weighted by Crippen LogP contribution is 2.31. The molecule has 0 aromatic heterocycles. The Morgan fingerprint density at radius 1 is 1.24 bits per heavy atom. The first-order valence-electron chi connectivity index (χ1n) is 4.58. The second-order valence-electron chi connectivity index (χ2n) is 3.39. The molecule has 17 heavy (non-hydrogen) atoms. The Morgan fingerprint density at radius 2 is 1.82 bits per heavy atom. The van der Waals surface area contributed by atoms with Crippen molar-refractivity contribution in [2.75, 3.05) is 6.61 Å². The van der Waals surface area contributed by atoms with Crippen molar-refractivity contribution in [2.45, 2.75) is 18.6 Å². The lowest BCUT2D eigenvalue weighted by atomic mass is 10.0. The number of hydrogen-bond acceptors (Lipinski definition) is 2. The van der Waals surface area contributed by atoms with E-state index in [1.54, 1.807) is 0 Å². The van der Waals surface area contributed by atoms with Gasteiger partial charge in [0.05, 0.1) is 5.56 Å². The SMILES string of the molecule is Cl.N[C@@H](CCO)c1cc(F)cc(C(F)(F)F)c1. The van der Waals surface area contributed by atoms with Crippen LogP contribution < -0.4 is 5.73 Å². The molecule has 0 fully saturated rings. The summed E-state index contributed by atoms with van der Waals surface area (Å²) in [5, 5.41) is 8.60. The van der Waals surface area contributed by atoms with Crippen LogP contribution in [-0.2, 0) is 6.18 Å². The summed E-state index contributed by atoms with van der Waals surface area (Å²) in [6.45, 7) is -0.265. The molecule has 3 N–H and O–H groups in total. The number of halogens is 5. The minimum absolute atomic E-state index is 0. The summed E-state index contributed by atoms with van der Waals surface area (Å²) in [6.07, 6.45) is -4.52. The van der Waals surface area contributed by atoms with E-state index in [0.29, 0.717) is 6.07 Å². The van der Waals surface area contributed by atoms with Crippen LogP contribution in [-0.4, -0.2) is 11.7 Å². The molecule has 1 aromatic rings. The fourth-order valence-electron chi connectivity index (χ4n) is 1.30. The average molecular weight is 274 g/mol. The Labute approximate surface area is 102 Å². The zero-order valence-corrected chi connectivity index (χ0v) is 9.48. The van der Waals surface area contributed by atoms with Crippen LogP contribution in [0, 0.1) is 5.82 Å². The first-order valence-corrected chi connectivity index (χ1v) is 4.58. The van der Waals surface area contributed by atoms with Gasteiger partial charge in [0.25, 0.3) is 0 Å². The van der Waals surface area contributed by atoms with E-state index in [1.165, 1.54) is 0 Å². The highest BCUT2D eigenvalue weighted by molar-refractivity contribution is 5.85. The van der Waals surface area contributed by atoms with Crippen molar-refractivity contribution in [3.8, 4) is 0 Å². The van der Waals surface area contributed by atoms with Gasteiger partial charge in [-0.15, -0.1) is 12.4 Å². The van der Waals surface area contributed by atoms with Crippen LogP contribution >= 0.6 is 12.4 Å². The molecular formula is C10H12ClF4NO. The Hall–Kier alpha value is -0.850. The zero-order valence-electron chi connectivity index (χ0n) is 8.67. The summed E-state index contributed by atoms with van der Waals surface area (Å²) < 4.78 is 50.0. The Balaban J connectivity index is 0.00000256. The highest BCUT2D eigenvalue weighted by atomic mass is 35.5. The summed E-state index contributed by atoms with van der Waals surface area (Å²) in [5.41, 5.74) is 4.45. The van der Waals surface area contributed by atoms with Crippen molar-refractivity contribution in [3.63, 3.8) is 0 Å². The number of hydrogen-bond donors (Lipinski definition) is 2. The molecule has 0 aliphatic heterocycles. The topological polar surface area (TPSA) is 46.2 Å².